The predicted molar refractivity (Wildman–Crippen MR) is 108 cm³/mol. The number of carbonyl (C=O) groups excluding carboxylic acids is 1. The minimum absolute atomic E-state index is 0.00958. The maximum Gasteiger partial charge on any atom is 0.254 e. The summed E-state index contributed by atoms with van der Waals surface area (Å²) in [5.74, 6) is 0.842. The highest BCUT2D eigenvalue weighted by Gasteiger charge is 2.24. The molecule has 0 fully saturated rings. The molecule has 0 unspecified atom stereocenters. The molecule has 0 bridgehead atoms. The van der Waals surface area contributed by atoms with E-state index in [0.717, 1.165) is 21.6 Å². The van der Waals surface area contributed by atoms with E-state index < -0.39 is 0 Å². The van der Waals surface area contributed by atoms with E-state index in [9.17, 15) is 4.79 Å². The van der Waals surface area contributed by atoms with Crippen molar-refractivity contribution in [1.29, 1.82) is 0 Å². The fraction of sp³-hybridized carbons (Fsp3) is 0.190. The lowest BCUT2D eigenvalue weighted by molar-refractivity contribution is 0.0667. The second-order valence-corrected chi connectivity index (χ2v) is 7.40. The third-order valence-electron chi connectivity index (χ3n) is 4.82. The number of thiazole rings is 1. The van der Waals surface area contributed by atoms with Crippen LogP contribution in [0.1, 0.15) is 34.7 Å². The second-order valence-electron chi connectivity index (χ2n) is 6.51. The van der Waals surface area contributed by atoms with E-state index in [-0.39, 0.29) is 11.9 Å². The first-order valence-corrected chi connectivity index (χ1v) is 9.67. The molecule has 0 N–H and O–H groups in total. The van der Waals surface area contributed by atoms with E-state index in [1.54, 1.807) is 23.0 Å². The lowest BCUT2D eigenvalue weighted by Gasteiger charge is -2.29. The molecule has 0 spiro atoms. The molecule has 0 aliphatic rings. The largest absolute Gasteiger partial charge is 0.337 e. The molecular weight excluding hydrogens is 356 g/mol. The number of hydrogen-bond acceptors (Lipinski definition) is 4. The Bertz CT molecular complexity index is 1070. The SMILES string of the molecule is C[C@@H](c1ccccc1)N(Cc1nccn1C)C(=O)c1ccc2ncsc2c1. The zero-order chi connectivity index (χ0) is 18.8. The van der Waals surface area contributed by atoms with Gasteiger partial charge in [0.15, 0.2) is 0 Å². The summed E-state index contributed by atoms with van der Waals surface area (Å²) in [5.41, 5.74) is 4.49. The molecule has 0 saturated heterocycles. The number of hydrogen-bond donors (Lipinski definition) is 0. The van der Waals surface area contributed by atoms with Gasteiger partial charge in [-0.25, -0.2) is 9.97 Å². The molecule has 4 rings (SSSR count). The van der Waals surface area contributed by atoms with Gasteiger partial charge in [0.2, 0.25) is 0 Å². The molecule has 5 nitrogen and oxygen atoms in total. The first-order chi connectivity index (χ1) is 13.1. The van der Waals surface area contributed by atoms with Crippen molar-refractivity contribution in [2.75, 3.05) is 0 Å². The highest BCUT2D eigenvalue weighted by Crippen LogP contribution is 2.26. The zero-order valence-corrected chi connectivity index (χ0v) is 16.1. The van der Waals surface area contributed by atoms with E-state index >= 15 is 0 Å². The van der Waals surface area contributed by atoms with Crippen molar-refractivity contribution in [3.63, 3.8) is 0 Å². The van der Waals surface area contributed by atoms with Gasteiger partial charge in [-0.3, -0.25) is 4.79 Å². The van der Waals surface area contributed by atoms with Crippen LogP contribution in [0.3, 0.4) is 0 Å². The van der Waals surface area contributed by atoms with Gasteiger partial charge in [-0.1, -0.05) is 30.3 Å². The van der Waals surface area contributed by atoms with Crippen molar-refractivity contribution in [1.82, 2.24) is 19.4 Å². The summed E-state index contributed by atoms with van der Waals surface area (Å²) < 4.78 is 2.97. The van der Waals surface area contributed by atoms with Crippen LogP contribution in [0.2, 0.25) is 0 Å². The maximum absolute atomic E-state index is 13.4. The van der Waals surface area contributed by atoms with Gasteiger partial charge in [-0.05, 0) is 30.7 Å². The number of carbonyl (C=O) groups is 1. The van der Waals surface area contributed by atoms with Crippen molar-refractivity contribution in [2.45, 2.75) is 19.5 Å². The summed E-state index contributed by atoms with van der Waals surface area (Å²) in [7, 11) is 1.95. The third kappa shape index (κ3) is 3.48. The second kappa shape index (κ2) is 7.32. The molecule has 0 aliphatic heterocycles. The van der Waals surface area contributed by atoms with Gasteiger partial charge in [0.25, 0.3) is 5.91 Å². The average molecular weight is 376 g/mol. The molecular formula is C21H20N4OS. The first kappa shape index (κ1) is 17.4. The zero-order valence-electron chi connectivity index (χ0n) is 15.2. The van der Waals surface area contributed by atoms with Gasteiger partial charge in [-0.15, -0.1) is 11.3 Å². The number of fused-ring (bicyclic) bond motifs is 1. The molecule has 4 aromatic rings. The normalized spacial score (nSPS) is 12.2. The first-order valence-electron chi connectivity index (χ1n) is 8.79. The van der Waals surface area contributed by atoms with Crippen LogP contribution in [0.4, 0.5) is 0 Å². The molecule has 2 heterocycles. The summed E-state index contributed by atoms with van der Waals surface area (Å²) in [5, 5.41) is 0. The highest BCUT2D eigenvalue weighted by atomic mass is 32.1. The Morgan fingerprint density at radius 3 is 2.74 bits per heavy atom. The Kier molecular flexibility index (Phi) is 4.73. The molecule has 1 amide bonds. The number of benzene rings is 2. The fourth-order valence-electron chi connectivity index (χ4n) is 3.15. The van der Waals surface area contributed by atoms with Crippen LogP contribution in [0.25, 0.3) is 10.2 Å². The predicted octanol–water partition coefficient (Wildman–Crippen LogP) is 4.43. The molecule has 2 aromatic heterocycles. The Morgan fingerprint density at radius 2 is 2.00 bits per heavy atom. The number of rotatable bonds is 5. The summed E-state index contributed by atoms with van der Waals surface area (Å²) in [6.07, 6.45) is 3.66. The van der Waals surface area contributed by atoms with E-state index in [0.29, 0.717) is 12.1 Å². The molecule has 0 radical (unpaired) electrons. The van der Waals surface area contributed by atoms with Crippen LogP contribution in [0.5, 0.6) is 0 Å². The summed E-state index contributed by atoms with van der Waals surface area (Å²) in [6, 6.07) is 15.7. The van der Waals surface area contributed by atoms with Gasteiger partial charge in [0.05, 0.1) is 28.3 Å². The monoisotopic (exact) mass is 376 g/mol. The molecule has 27 heavy (non-hydrogen) atoms. The highest BCUT2D eigenvalue weighted by molar-refractivity contribution is 7.16. The lowest BCUT2D eigenvalue weighted by atomic mass is 10.1. The van der Waals surface area contributed by atoms with E-state index in [4.69, 9.17) is 0 Å². The van der Waals surface area contributed by atoms with Crippen molar-refractivity contribution in [3.8, 4) is 0 Å². The van der Waals surface area contributed by atoms with E-state index in [2.05, 4.69) is 29.0 Å². The summed E-state index contributed by atoms with van der Waals surface area (Å²) >= 11 is 1.54. The molecule has 136 valence electrons. The maximum atomic E-state index is 13.4. The van der Waals surface area contributed by atoms with Gasteiger partial charge in [0.1, 0.15) is 5.82 Å². The van der Waals surface area contributed by atoms with Gasteiger partial charge >= 0.3 is 0 Å². The average Bonchev–Trinajstić information content (AvgIpc) is 3.33. The number of imidazole rings is 1. The number of nitrogens with zero attached hydrogens (tertiary/aromatic N) is 4. The van der Waals surface area contributed by atoms with Gasteiger partial charge in [0, 0.05) is 25.0 Å². The molecule has 0 aliphatic carbocycles. The van der Waals surface area contributed by atoms with Gasteiger partial charge in [-0.2, -0.15) is 0 Å². The van der Waals surface area contributed by atoms with Crippen LogP contribution >= 0.6 is 11.3 Å². The Morgan fingerprint density at radius 1 is 1.19 bits per heavy atom. The smallest absolute Gasteiger partial charge is 0.254 e. The molecule has 6 heteroatoms. The number of amides is 1. The van der Waals surface area contributed by atoms with Crippen LogP contribution in [-0.4, -0.2) is 25.3 Å². The Hall–Kier alpha value is -2.99. The topological polar surface area (TPSA) is 51.0 Å². The minimum atomic E-state index is -0.0763. The number of aryl methyl sites for hydroxylation is 1. The molecule has 2 aromatic carbocycles. The van der Waals surface area contributed by atoms with E-state index in [1.807, 2.05) is 59.1 Å². The minimum Gasteiger partial charge on any atom is -0.337 e. The van der Waals surface area contributed by atoms with Crippen LogP contribution in [0.15, 0.2) is 66.4 Å². The standard InChI is InChI=1S/C21H20N4OS/c1-15(16-6-4-3-5-7-16)25(13-20-22-10-11-24(20)2)21(26)17-8-9-18-19(12-17)27-14-23-18/h3-12,14-15H,13H2,1-2H3/t15-/m0/s1. The number of aromatic nitrogens is 3. The molecule has 1 atom stereocenters. The Labute approximate surface area is 161 Å². The van der Waals surface area contributed by atoms with E-state index in [1.165, 1.54) is 0 Å². The van der Waals surface area contributed by atoms with Crippen LogP contribution in [0, 0.1) is 0 Å². The van der Waals surface area contributed by atoms with Crippen molar-refractivity contribution < 1.29 is 4.79 Å². The van der Waals surface area contributed by atoms with Crippen molar-refractivity contribution in [3.05, 3.63) is 83.4 Å². The fourth-order valence-corrected chi connectivity index (χ4v) is 3.87. The Balaban J connectivity index is 1.71. The van der Waals surface area contributed by atoms with Crippen LogP contribution in [-0.2, 0) is 13.6 Å². The quantitative estimate of drug-likeness (QED) is 0.518. The van der Waals surface area contributed by atoms with Crippen molar-refractivity contribution in [2.24, 2.45) is 7.05 Å². The molecule has 0 saturated carbocycles. The van der Waals surface area contributed by atoms with Crippen molar-refractivity contribution >= 4 is 27.5 Å². The summed E-state index contributed by atoms with van der Waals surface area (Å²) in [4.78, 5) is 24.0. The summed E-state index contributed by atoms with van der Waals surface area (Å²) in [6.45, 7) is 2.50. The third-order valence-corrected chi connectivity index (χ3v) is 5.61. The van der Waals surface area contributed by atoms with Crippen LogP contribution < -0.4 is 0 Å². The lowest BCUT2D eigenvalue weighted by Crippen LogP contribution is -2.34. The van der Waals surface area contributed by atoms with Gasteiger partial charge < -0.3 is 9.47 Å².